The van der Waals surface area contributed by atoms with Crippen LogP contribution in [0.25, 0.3) is 0 Å². The number of hydrogen-bond acceptors (Lipinski definition) is 5. The highest BCUT2D eigenvalue weighted by Crippen LogP contribution is 2.68. The zero-order valence-electron chi connectivity index (χ0n) is 30.5. The van der Waals surface area contributed by atoms with Crippen molar-refractivity contribution in [3.63, 3.8) is 0 Å². The van der Waals surface area contributed by atoms with Crippen LogP contribution in [0.15, 0.2) is 11.6 Å². The molecule has 0 aromatic carbocycles. The van der Waals surface area contributed by atoms with E-state index in [0.29, 0.717) is 31.0 Å². The number of unbranched alkanes of at least 4 members (excludes halogenated alkanes) is 9. The lowest BCUT2D eigenvalue weighted by molar-refractivity contribution is -0.177. The third-order valence-electron chi connectivity index (χ3n) is 13.9. The van der Waals surface area contributed by atoms with Crippen molar-refractivity contribution in [3.8, 4) is 0 Å². The molecule has 0 amide bonds. The lowest BCUT2D eigenvalue weighted by Crippen LogP contribution is -2.57. The number of carbonyl (C=O) groups is 1. The highest BCUT2D eigenvalue weighted by molar-refractivity contribution is 6.74. The molecule has 2 N–H and O–H groups in total. The van der Waals surface area contributed by atoms with E-state index in [2.05, 4.69) is 60.7 Å². The molecule has 0 aliphatic heterocycles. The van der Waals surface area contributed by atoms with E-state index in [1.807, 2.05) is 0 Å². The van der Waals surface area contributed by atoms with Crippen LogP contribution in [0.2, 0.25) is 18.1 Å². The molecule has 0 heterocycles. The predicted octanol–water partition coefficient (Wildman–Crippen LogP) is 9.90. The van der Waals surface area contributed by atoms with Gasteiger partial charge in [0.2, 0.25) is 0 Å². The quantitative estimate of drug-likeness (QED) is 0.0802. The van der Waals surface area contributed by atoms with Gasteiger partial charge in [0.1, 0.15) is 5.60 Å². The van der Waals surface area contributed by atoms with Gasteiger partial charge in [-0.1, -0.05) is 111 Å². The van der Waals surface area contributed by atoms with Crippen LogP contribution >= 0.6 is 0 Å². The van der Waals surface area contributed by atoms with Gasteiger partial charge in [0.05, 0.1) is 19.1 Å². The summed E-state index contributed by atoms with van der Waals surface area (Å²) in [5, 5.41) is 23.7. The van der Waals surface area contributed by atoms with E-state index in [-0.39, 0.29) is 28.8 Å². The van der Waals surface area contributed by atoms with Crippen molar-refractivity contribution in [1.29, 1.82) is 0 Å². The van der Waals surface area contributed by atoms with Crippen LogP contribution < -0.4 is 0 Å². The Hall–Kier alpha value is -0.693. The fourth-order valence-electron chi connectivity index (χ4n) is 9.80. The summed E-state index contributed by atoms with van der Waals surface area (Å²) >= 11 is 0. The number of esters is 1. The van der Waals surface area contributed by atoms with E-state index < -0.39 is 25.4 Å². The minimum atomic E-state index is -1.82. The lowest BCUT2D eigenvalue weighted by Gasteiger charge is -2.59. The fourth-order valence-corrected chi connectivity index (χ4v) is 11.2. The van der Waals surface area contributed by atoms with Crippen LogP contribution in [0.1, 0.15) is 157 Å². The van der Waals surface area contributed by atoms with Crippen molar-refractivity contribution in [2.75, 3.05) is 6.61 Å². The Morgan fingerprint density at radius 1 is 0.956 bits per heavy atom. The van der Waals surface area contributed by atoms with Crippen LogP contribution in [-0.4, -0.2) is 48.9 Å². The minimum absolute atomic E-state index is 0.0961. The Balaban J connectivity index is 1.30. The minimum Gasteiger partial charge on any atom is -0.466 e. The van der Waals surface area contributed by atoms with Crippen LogP contribution in [0, 0.1) is 28.6 Å². The second-order valence-electron chi connectivity index (χ2n) is 17.7. The van der Waals surface area contributed by atoms with Gasteiger partial charge in [-0.15, -0.1) is 0 Å². The highest BCUT2D eigenvalue weighted by Gasteiger charge is 2.67. The van der Waals surface area contributed by atoms with E-state index in [0.717, 1.165) is 51.4 Å². The number of aliphatic hydroxyl groups is 2. The summed E-state index contributed by atoms with van der Waals surface area (Å²) in [6.45, 7) is 19.0. The molecule has 4 aliphatic carbocycles. The predicted molar refractivity (Wildman–Crippen MR) is 188 cm³/mol. The molecule has 0 spiro atoms. The third-order valence-corrected chi connectivity index (χ3v) is 18.4. The lowest BCUT2D eigenvalue weighted by atomic mass is 9.47. The summed E-state index contributed by atoms with van der Waals surface area (Å²) in [6.07, 6.45) is 21.1. The molecule has 0 radical (unpaired) electrons. The molecule has 0 saturated heterocycles. The largest absolute Gasteiger partial charge is 0.466 e. The van der Waals surface area contributed by atoms with Gasteiger partial charge in [0.25, 0.3) is 0 Å². The number of hydrogen-bond donors (Lipinski definition) is 2. The average molecular weight is 647 g/mol. The molecule has 0 aromatic rings. The number of rotatable bonds is 15. The summed E-state index contributed by atoms with van der Waals surface area (Å²) in [7, 11) is -1.82. The molecule has 4 rings (SSSR count). The third kappa shape index (κ3) is 7.80. The summed E-state index contributed by atoms with van der Waals surface area (Å²) < 4.78 is 12.5. The fraction of sp³-hybridized carbons (Fsp3) is 0.923. The van der Waals surface area contributed by atoms with Gasteiger partial charge in [-0.3, -0.25) is 4.79 Å². The van der Waals surface area contributed by atoms with Crippen molar-refractivity contribution in [3.05, 3.63) is 11.6 Å². The Morgan fingerprint density at radius 3 is 2.20 bits per heavy atom. The molecule has 8 atom stereocenters. The molecule has 45 heavy (non-hydrogen) atoms. The first-order valence-corrected chi connectivity index (χ1v) is 21.9. The normalized spacial score (nSPS) is 36.6. The summed E-state index contributed by atoms with van der Waals surface area (Å²) in [6, 6.07) is 0. The first-order valence-electron chi connectivity index (χ1n) is 19.0. The van der Waals surface area contributed by atoms with Crippen LogP contribution in [0.4, 0.5) is 0 Å². The van der Waals surface area contributed by atoms with Crippen molar-refractivity contribution in [1.82, 2.24) is 0 Å². The van der Waals surface area contributed by atoms with Gasteiger partial charge in [-0.25, -0.2) is 0 Å². The van der Waals surface area contributed by atoms with Gasteiger partial charge >= 0.3 is 5.97 Å². The number of ether oxygens (including phenoxy) is 1. The standard InChI is InChI=1S/C39H70O5Si/c1-9-10-11-12-13-14-15-16-17-18-25-43-35(41)28-39(42)34(40)27-33-31-20-19-29-26-30(44-45(7,8)36(2,3)4)21-23-37(29,5)32(31)22-24-38(33,39)6/h19,30-34,40,42H,9-18,20-28H2,1-8H3/t30-,31+,32-,33-,34-,37-,38-,39+/m0/s1. The second kappa shape index (κ2) is 14.8. The van der Waals surface area contributed by atoms with Gasteiger partial charge in [0.15, 0.2) is 8.32 Å². The average Bonchev–Trinajstić information content (AvgIpc) is 3.15. The molecule has 6 heteroatoms. The molecule has 260 valence electrons. The van der Waals surface area contributed by atoms with Gasteiger partial charge < -0.3 is 19.4 Å². The molecular weight excluding hydrogens is 577 g/mol. The zero-order chi connectivity index (χ0) is 33.1. The number of allylic oxidation sites excluding steroid dienone is 1. The van der Waals surface area contributed by atoms with E-state index in [4.69, 9.17) is 9.16 Å². The summed E-state index contributed by atoms with van der Waals surface area (Å²) in [5.74, 6) is 0.847. The molecule has 4 aliphatic rings. The zero-order valence-corrected chi connectivity index (χ0v) is 31.5. The maximum absolute atomic E-state index is 13.0. The van der Waals surface area contributed by atoms with Crippen LogP contribution in [0.5, 0.6) is 0 Å². The van der Waals surface area contributed by atoms with Crippen molar-refractivity contribution in [2.24, 2.45) is 28.6 Å². The molecule has 3 saturated carbocycles. The van der Waals surface area contributed by atoms with Gasteiger partial charge in [0, 0.05) is 11.5 Å². The monoisotopic (exact) mass is 646 g/mol. The van der Waals surface area contributed by atoms with Crippen molar-refractivity contribution < 1.29 is 24.2 Å². The molecule has 3 fully saturated rings. The van der Waals surface area contributed by atoms with Crippen LogP contribution in [-0.2, 0) is 14.0 Å². The second-order valence-corrected chi connectivity index (χ2v) is 22.5. The first-order chi connectivity index (χ1) is 21.1. The summed E-state index contributed by atoms with van der Waals surface area (Å²) in [5.41, 5.74) is -0.144. The van der Waals surface area contributed by atoms with Crippen molar-refractivity contribution in [2.45, 2.75) is 193 Å². The van der Waals surface area contributed by atoms with E-state index in [1.165, 1.54) is 51.4 Å². The van der Waals surface area contributed by atoms with E-state index in [1.54, 1.807) is 5.57 Å². The Labute approximate surface area is 277 Å². The number of aliphatic hydroxyl groups excluding tert-OH is 1. The smallest absolute Gasteiger partial charge is 0.308 e. The Morgan fingerprint density at radius 2 is 1.58 bits per heavy atom. The topological polar surface area (TPSA) is 76.0 Å². The van der Waals surface area contributed by atoms with Gasteiger partial charge in [-0.05, 0) is 92.7 Å². The number of fused-ring (bicyclic) bond motifs is 5. The number of carbonyl (C=O) groups excluding carboxylic acids is 1. The molecule has 0 bridgehead atoms. The highest BCUT2D eigenvalue weighted by atomic mass is 28.4. The summed E-state index contributed by atoms with van der Waals surface area (Å²) in [4.78, 5) is 13.0. The maximum atomic E-state index is 13.0. The molecule has 0 aromatic heterocycles. The van der Waals surface area contributed by atoms with E-state index in [9.17, 15) is 15.0 Å². The van der Waals surface area contributed by atoms with Crippen molar-refractivity contribution >= 4 is 14.3 Å². The Bertz CT molecular complexity index is 1020. The first kappa shape index (κ1) is 37.1. The Kier molecular flexibility index (Phi) is 12.2. The molecule has 0 unspecified atom stereocenters. The SMILES string of the molecule is CCCCCCCCCCCCOC(=O)C[C@@]1(O)[C@@H](O)C[C@H]2[C@@H]3CC=C4C[C@@H](O[Si](C)(C)C(C)(C)C)CC[C@]4(C)[C@H]3CC[C@@]21C. The van der Waals surface area contributed by atoms with Crippen LogP contribution in [0.3, 0.4) is 0 Å². The van der Waals surface area contributed by atoms with Gasteiger partial charge in [-0.2, -0.15) is 0 Å². The molecular formula is C39H70O5Si. The molecule has 5 nitrogen and oxygen atoms in total. The van der Waals surface area contributed by atoms with E-state index >= 15 is 0 Å². The maximum Gasteiger partial charge on any atom is 0.308 e.